The topological polar surface area (TPSA) is 66.8 Å². The number of hydrogen-bond donors (Lipinski definition) is 1. The minimum atomic E-state index is -0.768. The molecule has 4 rings (SSSR count). The van der Waals surface area contributed by atoms with Crippen molar-refractivity contribution >= 4 is 51.4 Å². The molecular weight excluding hydrogens is 437 g/mol. The van der Waals surface area contributed by atoms with Crippen molar-refractivity contribution in [1.29, 1.82) is 0 Å². The van der Waals surface area contributed by atoms with Crippen LogP contribution in [0.2, 0.25) is 10.0 Å². The van der Waals surface area contributed by atoms with Crippen LogP contribution in [0.1, 0.15) is 17.2 Å². The lowest BCUT2D eigenvalue weighted by molar-refractivity contribution is -0.140. The van der Waals surface area contributed by atoms with Crippen LogP contribution < -0.4 is 0 Å². The van der Waals surface area contributed by atoms with Crippen LogP contribution in [0.25, 0.3) is 16.5 Å². The molecule has 0 spiro atoms. The van der Waals surface area contributed by atoms with Gasteiger partial charge in [0.05, 0.1) is 28.3 Å². The van der Waals surface area contributed by atoms with E-state index in [0.717, 1.165) is 16.3 Å². The average molecular weight is 456 g/mol. The Hall–Kier alpha value is -2.86. The number of benzene rings is 3. The first-order valence-corrected chi connectivity index (χ1v) is 10.4. The van der Waals surface area contributed by atoms with Gasteiger partial charge in [-0.3, -0.25) is 9.59 Å². The molecule has 1 saturated heterocycles. The Labute approximate surface area is 189 Å². The van der Waals surface area contributed by atoms with Gasteiger partial charge in [0.25, 0.3) is 11.7 Å². The second-order valence-electron chi connectivity index (χ2n) is 7.18. The number of likely N-dealkylation sites (tertiary alicyclic amines) is 1. The van der Waals surface area contributed by atoms with Gasteiger partial charge in [0, 0.05) is 19.2 Å². The summed E-state index contributed by atoms with van der Waals surface area (Å²) in [6, 6.07) is 17.2. The Balaban J connectivity index is 1.96. The van der Waals surface area contributed by atoms with E-state index >= 15 is 0 Å². The Morgan fingerprint density at radius 2 is 1.77 bits per heavy atom. The van der Waals surface area contributed by atoms with Crippen molar-refractivity contribution < 1.29 is 19.4 Å². The van der Waals surface area contributed by atoms with Gasteiger partial charge >= 0.3 is 0 Å². The first-order chi connectivity index (χ1) is 14.9. The van der Waals surface area contributed by atoms with Gasteiger partial charge in [-0.2, -0.15) is 0 Å². The highest BCUT2D eigenvalue weighted by Gasteiger charge is 2.46. The number of halogens is 2. The molecule has 1 aliphatic heterocycles. The van der Waals surface area contributed by atoms with Crippen LogP contribution in [0.5, 0.6) is 0 Å². The van der Waals surface area contributed by atoms with Gasteiger partial charge in [-0.25, -0.2) is 0 Å². The second kappa shape index (κ2) is 8.71. The average Bonchev–Trinajstić information content (AvgIpc) is 3.03. The van der Waals surface area contributed by atoms with E-state index in [1.165, 1.54) is 24.1 Å². The summed E-state index contributed by atoms with van der Waals surface area (Å²) in [5.74, 6) is -1.73. The number of ether oxygens (including phenoxy) is 1. The zero-order valence-corrected chi connectivity index (χ0v) is 18.2. The molecule has 0 bridgehead atoms. The van der Waals surface area contributed by atoms with Gasteiger partial charge in [0.15, 0.2) is 0 Å². The van der Waals surface area contributed by atoms with Gasteiger partial charge in [-0.15, -0.1) is 0 Å². The number of amides is 1. The number of carbonyl (C=O) groups is 2. The summed E-state index contributed by atoms with van der Waals surface area (Å²) in [6.07, 6.45) is 0. The number of carbonyl (C=O) groups excluding carboxylic acids is 2. The number of rotatable bonds is 5. The number of ketones is 1. The van der Waals surface area contributed by atoms with Crippen LogP contribution >= 0.6 is 23.2 Å². The summed E-state index contributed by atoms with van der Waals surface area (Å²) >= 11 is 12.1. The highest BCUT2D eigenvalue weighted by atomic mass is 35.5. The summed E-state index contributed by atoms with van der Waals surface area (Å²) < 4.78 is 5.15. The van der Waals surface area contributed by atoms with Gasteiger partial charge < -0.3 is 14.7 Å². The molecule has 158 valence electrons. The zero-order chi connectivity index (χ0) is 22.1. The van der Waals surface area contributed by atoms with Crippen LogP contribution in [0, 0.1) is 0 Å². The van der Waals surface area contributed by atoms with Crippen LogP contribution in [0.3, 0.4) is 0 Å². The number of aliphatic hydroxyl groups excluding tert-OH is 1. The highest BCUT2D eigenvalue weighted by Crippen LogP contribution is 2.42. The van der Waals surface area contributed by atoms with Crippen molar-refractivity contribution in [2.75, 3.05) is 20.3 Å². The largest absolute Gasteiger partial charge is 0.507 e. The molecule has 3 aromatic carbocycles. The molecule has 0 saturated carbocycles. The summed E-state index contributed by atoms with van der Waals surface area (Å²) in [5.41, 5.74) is 1.07. The lowest BCUT2D eigenvalue weighted by Gasteiger charge is -2.26. The van der Waals surface area contributed by atoms with E-state index in [1.807, 2.05) is 42.5 Å². The van der Waals surface area contributed by atoms with Gasteiger partial charge in [-0.05, 0) is 34.5 Å². The molecule has 1 N–H and O–H groups in total. The Bertz CT molecular complexity index is 1220. The van der Waals surface area contributed by atoms with E-state index in [2.05, 4.69) is 0 Å². The van der Waals surface area contributed by atoms with E-state index in [4.69, 9.17) is 27.9 Å². The molecule has 1 heterocycles. The van der Waals surface area contributed by atoms with E-state index in [1.54, 1.807) is 6.07 Å². The number of nitrogens with zero attached hydrogens (tertiary/aromatic N) is 1. The third-order valence-corrected chi connectivity index (χ3v) is 6.13. The van der Waals surface area contributed by atoms with E-state index in [-0.39, 0.29) is 29.5 Å². The molecule has 5 nitrogen and oxygen atoms in total. The molecule has 7 heteroatoms. The zero-order valence-electron chi connectivity index (χ0n) is 16.6. The number of Topliss-reactive ketones (excluding diaryl/α,β-unsaturated/α-hetero) is 1. The fourth-order valence-electron chi connectivity index (χ4n) is 3.91. The Morgan fingerprint density at radius 1 is 1.03 bits per heavy atom. The number of fused-ring (bicyclic) bond motifs is 1. The monoisotopic (exact) mass is 455 g/mol. The van der Waals surface area contributed by atoms with Crippen molar-refractivity contribution in [2.45, 2.75) is 6.04 Å². The number of hydrogen-bond acceptors (Lipinski definition) is 4. The maximum Gasteiger partial charge on any atom is 0.295 e. The molecule has 1 fully saturated rings. The Kier molecular flexibility index (Phi) is 6.01. The highest BCUT2D eigenvalue weighted by molar-refractivity contribution is 6.47. The SMILES string of the molecule is COCCN1C(=O)C(=O)/C(=C(\O)c2ccc(Cl)c(Cl)c2)C1c1cccc2ccccc12. The van der Waals surface area contributed by atoms with Gasteiger partial charge in [-0.1, -0.05) is 65.7 Å². The van der Waals surface area contributed by atoms with Gasteiger partial charge in [0.1, 0.15) is 5.76 Å². The molecule has 1 unspecified atom stereocenters. The smallest absolute Gasteiger partial charge is 0.295 e. The van der Waals surface area contributed by atoms with Crippen LogP contribution in [-0.4, -0.2) is 42.0 Å². The van der Waals surface area contributed by atoms with Crippen LogP contribution in [0.4, 0.5) is 0 Å². The standard InChI is InChI=1S/C24H19Cl2NO4/c1-31-12-11-27-21(17-8-4-6-14-5-2-3-7-16(14)17)20(23(29)24(27)30)22(28)15-9-10-18(25)19(26)13-15/h2-10,13,21,28H,11-12H2,1H3/b22-20-. The first kappa shape index (κ1) is 21.4. The lowest BCUT2D eigenvalue weighted by Crippen LogP contribution is -2.32. The number of methoxy groups -OCH3 is 1. The van der Waals surface area contributed by atoms with E-state index < -0.39 is 17.7 Å². The molecule has 1 amide bonds. The molecule has 0 aliphatic carbocycles. The fraction of sp³-hybridized carbons (Fsp3) is 0.167. The summed E-state index contributed by atoms with van der Waals surface area (Å²) in [4.78, 5) is 27.4. The molecule has 3 aromatic rings. The van der Waals surface area contributed by atoms with Crippen molar-refractivity contribution in [3.05, 3.63) is 87.4 Å². The van der Waals surface area contributed by atoms with Crippen molar-refractivity contribution in [3.8, 4) is 0 Å². The van der Waals surface area contributed by atoms with Gasteiger partial charge in [0.2, 0.25) is 0 Å². The maximum atomic E-state index is 13.1. The normalized spacial score (nSPS) is 18.2. The maximum absolute atomic E-state index is 13.1. The molecule has 1 atom stereocenters. The molecule has 0 radical (unpaired) electrons. The third kappa shape index (κ3) is 3.81. The van der Waals surface area contributed by atoms with Crippen molar-refractivity contribution in [2.24, 2.45) is 0 Å². The van der Waals surface area contributed by atoms with E-state index in [9.17, 15) is 14.7 Å². The molecule has 31 heavy (non-hydrogen) atoms. The van der Waals surface area contributed by atoms with Crippen molar-refractivity contribution in [1.82, 2.24) is 4.90 Å². The van der Waals surface area contributed by atoms with E-state index in [0.29, 0.717) is 10.6 Å². The summed E-state index contributed by atoms with van der Waals surface area (Å²) in [6.45, 7) is 0.453. The van der Waals surface area contributed by atoms with Crippen molar-refractivity contribution in [3.63, 3.8) is 0 Å². The molecular formula is C24H19Cl2NO4. The Morgan fingerprint density at radius 3 is 2.52 bits per heavy atom. The summed E-state index contributed by atoms with van der Waals surface area (Å²) in [5, 5.41) is 13.5. The van der Waals surface area contributed by atoms with Crippen LogP contribution in [-0.2, 0) is 14.3 Å². The minimum Gasteiger partial charge on any atom is -0.507 e. The number of aliphatic hydroxyl groups is 1. The van der Waals surface area contributed by atoms with Crippen LogP contribution in [0.15, 0.2) is 66.2 Å². The molecule has 1 aliphatic rings. The summed E-state index contributed by atoms with van der Waals surface area (Å²) in [7, 11) is 1.53. The quantitative estimate of drug-likeness (QED) is 0.325. The first-order valence-electron chi connectivity index (χ1n) is 9.64. The lowest BCUT2D eigenvalue weighted by atomic mass is 9.91. The molecule has 0 aromatic heterocycles. The minimum absolute atomic E-state index is 0.0100. The predicted molar refractivity (Wildman–Crippen MR) is 121 cm³/mol. The second-order valence-corrected chi connectivity index (χ2v) is 8.00. The fourth-order valence-corrected chi connectivity index (χ4v) is 4.21. The third-order valence-electron chi connectivity index (χ3n) is 5.39. The predicted octanol–water partition coefficient (Wildman–Crippen LogP) is 5.21.